The van der Waals surface area contributed by atoms with E-state index in [2.05, 4.69) is 6.07 Å². The minimum Gasteiger partial charge on any atom is -0.491 e. The molecule has 1 aliphatic rings. The van der Waals surface area contributed by atoms with Gasteiger partial charge in [-0.15, -0.1) is 11.3 Å². The van der Waals surface area contributed by atoms with Crippen LogP contribution >= 0.6 is 11.3 Å². The molecule has 3 rings (SSSR count). The zero-order valence-corrected chi connectivity index (χ0v) is 14.8. The van der Waals surface area contributed by atoms with Crippen LogP contribution in [0.2, 0.25) is 0 Å². The van der Waals surface area contributed by atoms with Gasteiger partial charge in [0.05, 0.1) is 12.6 Å². The van der Waals surface area contributed by atoms with Crippen LogP contribution in [-0.2, 0) is 11.3 Å². The molecule has 128 valence electrons. The second kappa shape index (κ2) is 8.31. The number of thiophene rings is 1. The molecule has 1 atom stereocenters. The molecule has 5 heteroatoms. The first-order chi connectivity index (χ1) is 11.8. The molecule has 1 amide bonds. The van der Waals surface area contributed by atoms with Crippen LogP contribution in [0, 0.1) is 0 Å². The van der Waals surface area contributed by atoms with E-state index < -0.39 is 0 Å². The van der Waals surface area contributed by atoms with E-state index in [9.17, 15) is 4.79 Å². The number of hydrogen-bond acceptors (Lipinski definition) is 4. The number of rotatable bonds is 7. The summed E-state index contributed by atoms with van der Waals surface area (Å²) in [7, 11) is 0. The first-order valence-electron chi connectivity index (χ1n) is 8.42. The van der Waals surface area contributed by atoms with E-state index in [0.717, 1.165) is 25.2 Å². The summed E-state index contributed by atoms with van der Waals surface area (Å²) in [4.78, 5) is 15.8. The number of carbonyl (C=O) groups is 1. The largest absolute Gasteiger partial charge is 0.491 e. The molecule has 0 aliphatic carbocycles. The van der Waals surface area contributed by atoms with Crippen LogP contribution in [0.15, 0.2) is 41.8 Å². The van der Waals surface area contributed by atoms with Crippen molar-refractivity contribution < 1.29 is 14.3 Å². The molecule has 0 saturated carbocycles. The summed E-state index contributed by atoms with van der Waals surface area (Å²) >= 11 is 1.67. The fraction of sp³-hybridized carbons (Fsp3) is 0.421. The van der Waals surface area contributed by atoms with E-state index >= 15 is 0 Å². The predicted molar refractivity (Wildman–Crippen MR) is 95.6 cm³/mol. The number of amides is 1. The summed E-state index contributed by atoms with van der Waals surface area (Å²) in [6.45, 7) is 4.69. The van der Waals surface area contributed by atoms with Gasteiger partial charge < -0.3 is 14.4 Å². The summed E-state index contributed by atoms with van der Waals surface area (Å²) < 4.78 is 11.4. The SMILES string of the molecule is CCN(Cc1cccs1)C(=O)c1cccc(OCC2CCCO2)c1. The van der Waals surface area contributed by atoms with Gasteiger partial charge in [0.15, 0.2) is 0 Å². The zero-order valence-electron chi connectivity index (χ0n) is 13.9. The Morgan fingerprint density at radius 2 is 2.29 bits per heavy atom. The highest BCUT2D eigenvalue weighted by molar-refractivity contribution is 7.09. The Balaban J connectivity index is 1.63. The van der Waals surface area contributed by atoms with Crippen molar-refractivity contribution in [3.05, 3.63) is 52.2 Å². The van der Waals surface area contributed by atoms with Gasteiger partial charge in [0.25, 0.3) is 5.91 Å². The molecule has 0 N–H and O–H groups in total. The molecule has 1 unspecified atom stereocenters. The van der Waals surface area contributed by atoms with Gasteiger partial charge >= 0.3 is 0 Å². The maximum absolute atomic E-state index is 12.8. The van der Waals surface area contributed by atoms with Crippen molar-refractivity contribution in [1.82, 2.24) is 4.90 Å². The van der Waals surface area contributed by atoms with Crippen molar-refractivity contribution >= 4 is 17.2 Å². The molecule has 2 heterocycles. The highest BCUT2D eigenvalue weighted by atomic mass is 32.1. The lowest BCUT2D eigenvalue weighted by molar-refractivity contribution is 0.0677. The quantitative estimate of drug-likeness (QED) is 0.762. The third-order valence-corrected chi connectivity index (χ3v) is 5.00. The van der Waals surface area contributed by atoms with E-state index in [1.54, 1.807) is 11.3 Å². The number of nitrogens with zero attached hydrogens (tertiary/aromatic N) is 1. The summed E-state index contributed by atoms with van der Waals surface area (Å²) in [6, 6.07) is 11.5. The molecular formula is C19H23NO3S. The van der Waals surface area contributed by atoms with Crippen molar-refractivity contribution in [3.63, 3.8) is 0 Å². The number of ether oxygens (including phenoxy) is 2. The van der Waals surface area contributed by atoms with Gasteiger partial charge in [-0.3, -0.25) is 4.79 Å². The second-order valence-corrected chi connectivity index (χ2v) is 6.90. The lowest BCUT2D eigenvalue weighted by atomic mass is 10.2. The number of hydrogen-bond donors (Lipinski definition) is 0. The lowest BCUT2D eigenvalue weighted by Crippen LogP contribution is -2.30. The van der Waals surface area contributed by atoms with Crippen molar-refractivity contribution in [1.29, 1.82) is 0 Å². The molecule has 1 fully saturated rings. The Morgan fingerprint density at radius 1 is 1.38 bits per heavy atom. The summed E-state index contributed by atoms with van der Waals surface area (Å²) in [5, 5.41) is 2.03. The van der Waals surface area contributed by atoms with Crippen LogP contribution in [0.5, 0.6) is 5.75 Å². The van der Waals surface area contributed by atoms with Gasteiger partial charge in [0.1, 0.15) is 12.4 Å². The van der Waals surface area contributed by atoms with Crippen LogP contribution in [0.3, 0.4) is 0 Å². The molecule has 1 aromatic heterocycles. The van der Waals surface area contributed by atoms with E-state index in [-0.39, 0.29) is 12.0 Å². The summed E-state index contributed by atoms with van der Waals surface area (Å²) in [5.41, 5.74) is 0.665. The van der Waals surface area contributed by atoms with Crippen LogP contribution in [-0.4, -0.2) is 36.7 Å². The smallest absolute Gasteiger partial charge is 0.254 e. The predicted octanol–water partition coefficient (Wildman–Crippen LogP) is 3.97. The first kappa shape index (κ1) is 17.0. The van der Waals surface area contributed by atoms with E-state index in [1.807, 2.05) is 47.5 Å². The molecule has 1 aliphatic heterocycles. The van der Waals surface area contributed by atoms with Crippen LogP contribution in [0.1, 0.15) is 35.0 Å². The third-order valence-electron chi connectivity index (χ3n) is 4.14. The maximum Gasteiger partial charge on any atom is 0.254 e. The van der Waals surface area contributed by atoms with E-state index in [4.69, 9.17) is 9.47 Å². The van der Waals surface area contributed by atoms with Gasteiger partial charge in [-0.25, -0.2) is 0 Å². The standard InChI is InChI=1S/C19H23NO3S/c1-2-20(13-18-9-5-11-24-18)19(21)15-6-3-7-16(12-15)23-14-17-8-4-10-22-17/h3,5-7,9,11-12,17H,2,4,8,10,13-14H2,1H3. The fourth-order valence-corrected chi connectivity index (χ4v) is 3.50. The topological polar surface area (TPSA) is 38.8 Å². The van der Waals surface area contributed by atoms with Crippen LogP contribution < -0.4 is 4.74 Å². The van der Waals surface area contributed by atoms with Crippen LogP contribution in [0.25, 0.3) is 0 Å². The molecule has 0 bridgehead atoms. The van der Waals surface area contributed by atoms with Gasteiger partial charge in [0, 0.05) is 23.6 Å². The Morgan fingerprint density at radius 3 is 3.00 bits per heavy atom. The Bertz CT molecular complexity index is 650. The van der Waals surface area contributed by atoms with Gasteiger partial charge in [-0.2, -0.15) is 0 Å². The van der Waals surface area contributed by atoms with E-state index in [0.29, 0.717) is 25.3 Å². The van der Waals surface area contributed by atoms with Crippen molar-refractivity contribution in [3.8, 4) is 5.75 Å². The van der Waals surface area contributed by atoms with Crippen LogP contribution in [0.4, 0.5) is 0 Å². The normalized spacial score (nSPS) is 17.0. The van der Waals surface area contributed by atoms with Gasteiger partial charge in [0.2, 0.25) is 0 Å². The van der Waals surface area contributed by atoms with Crippen molar-refractivity contribution in [2.24, 2.45) is 0 Å². The highest BCUT2D eigenvalue weighted by Crippen LogP contribution is 2.19. The molecular weight excluding hydrogens is 322 g/mol. The molecule has 0 radical (unpaired) electrons. The van der Waals surface area contributed by atoms with E-state index in [1.165, 1.54) is 4.88 Å². The minimum absolute atomic E-state index is 0.0356. The maximum atomic E-state index is 12.8. The van der Waals surface area contributed by atoms with Crippen molar-refractivity contribution in [2.45, 2.75) is 32.4 Å². The molecule has 1 saturated heterocycles. The minimum atomic E-state index is 0.0356. The average molecular weight is 345 g/mol. The molecule has 4 nitrogen and oxygen atoms in total. The number of benzene rings is 1. The summed E-state index contributed by atoms with van der Waals surface area (Å²) in [5.74, 6) is 0.761. The highest BCUT2D eigenvalue weighted by Gasteiger charge is 2.18. The molecule has 2 aromatic rings. The molecule has 0 spiro atoms. The van der Waals surface area contributed by atoms with Gasteiger partial charge in [-0.05, 0) is 49.4 Å². The fourth-order valence-electron chi connectivity index (χ4n) is 2.78. The molecule has 1 aromatic carbocycles. The third kappa shape index (κ3) is 4.36. The monoisotopic (exact) mass is 345 g/mol. The summed E-state index contributed by atoms with van der Waals surface area (Å²) in [6.07, 6.45) is 2.32. The first-order valence-corrected chi connectivity index (χ1v) is 9.30. The second-order valence-electron chi connectivity index (χ2n) is 5.87. The Labute approximate surface area is 147 Å². The molecule has 24 heavy (non-hydrogen) atoms. The lowest BCUT2D eigenvalue weighted by Gasteiger charge is -2.20. The average Bonchev–Trinajstić information content (AvgIpc) is 3.31. The zero-order chi connectivity index (χ0) is 16.8. The van der Waals surface area contributed by atoms with Crippen molar-refractivity contribution in [2.75, 3.05) is 19.8 Å². The van der Waals surface area contributed by atoms with Gasteiger partial charge in [-0.1, -0.05) is 12.1 Å². The Hall–Kier alpha value is -1.85. The number of carbonyl (C=O) groups excluding carboxylic acids is 1. The Kier molecular flexibility index (Phi) is 5.88.